The van der Waals surface area contributed by atoms with Gasteiger partial charge in [0.2, 0.25) is 0 Å². The lowest BCUT2D eigenvalue weighted by Gasteiger charge is -2.41. The highest BCUT2D eigenvalue weighted by molar-refractivity contribution is 5.47. The van der Waals surface area contributed by atoms with Gasteiger partial charge in [0, 0.05) is 35.5 Å². The van der Waals surface area contributed by atoms with Crippen molar-refractivity contribution >= 4 is 5.65 Å². The first-order valence-electron chi connectivity index (χ1n) is 9.20. The van der Waals surface area contributed by atoms with Crippen molar-refractivity contribution in [3.63, 3.8) is 0 Å². The van der Waals surface area contributed by atoms with E-state index in [1.165, 1.54) is 11.1 Å². The Hall–Kier alpha value is -1.72. The predicted molar refractivity (Wildman–Crippen MR) is 101 cm³/mol. The number of aryl methyl sites for hydroxylation is 2. The number of aromatic nitrogens is 3. The second-order valence-corrected chi connectivity index (χ2v) is 7.90. The zero-order chi connectivity index (χ0) is 18.0. The molecule has 0 amide bonds. The van der Waals surface area contributed by atoms with Crippen LogP contribution in [-0.4, -0.2) is 44.3 Å². The molecule has 0 radical (unpaired) electrons. The molecule has 5 nitrogen and oxygen atoms in total. The van der Waals surface area contributed by atoms with E-state index in [-0.39, 0.29) is 12.0 Å². The van der Waals surface area contributed by atoms with E-state index in [2.05, 4.69) is 42.9 Å². The van der Waals surface area contributed by atoms with Crippen molar-refractivity contribution in [1.82, 2.24) is 19.5 Å². The van der Waals surface area contributed by atoms with E-state index >= 15 is 0 Å². The van der Waals surface area contributed by atoms with Crippen LogP contribution in [0.2, 0.25) is 0 Å². The van der Waals surface area contributed by atoms with Crippen LogP contribution in [0.3, 0.4) is 0 Å². The number of hydrogen-bond donors (Lipinski definition) is 1. The van der Waals surface area contributed by atoms with Gasteiger partial charge in [-0.15, -0.1) is 0 Å². The van der Waals surface area contributed by atoms with Crippen molar-refractivity contribution in [2.24, 2.45) is 5.41 Å². The van der Waals surface area contributed by atoms with Gasteiger partial charge < -0.3 is 5.11 Å². The van der Waals surface area contributed by atoms with Crippen molar-refractivity contribution in [3.05, 3.63) is 40.9 Å². The Labute approximate surface area is 150 Å². The lowest BCUT2D eigenvalue weighted by molar-refractivity contribution is 0.0309. The Morgan fingerprint density at radius 1 is 1.36 bits per heavy atom. The molecule has 0 saturated carbocycles. The van der Waals surface area contributed by atoms with E-state index in [1.807, 2.05) is 17.6 Å². The van der Waals surface area contributed by atoms with E-state index in [9.17, 15) is 5.11 Å². The Morgan fingerprint density at radius 2 is 2.16 bits per heavy atom. The van der Waals surface area contributed by atoms with Crippen LogP contribution in [0.15, 0.2) is 23.9 Å². The quantitative estimate of drug-likeness (QED) is 0.847. The van der Waals surface area contributed by atoms with E-state index in [0.29, 0.717) is 0 Å². The van der Waals surface area contributed by atoms with Crippen molar-refractivity contribution in [3.8, 4) is 0 Å². The molecule has 0 spiro atoms. The van der Waals surface area contributed by atoms with Gasteiger partial charge in [0.15, 0.2) is 5.65 Å². The average molecular weight is 342 g/mol. The monoisotopic (exact) mass is 342 g/mol. The van der Waals surface area contributed by atoms with Crippen molar-refractivity contribution in [2.75, 3.05) is 19.7 Å². The number of nitrogens with zero attached hydrogens (tertiary/aromatic N) is 4. The van der Waals surface area contributed by atoms with Crippen molar-refractivity contribution in [1.29, 1.82) is 0 Å². The Morgan fingerprint density at radius 3 is 2.88 bits per heavy atom. The molecule has 1 atom stereocenters. The van der Waals surface area contributed by atoms with Crippen LogP contribution in [-0.2, 0) is 6.54 Å². The van der Waals surface area contributed by atoms with Gasteiger partial charge in [-0.05, 0) is 59.6 Å². The van der Waals surface area contributed by atoms with Crippen molar-refractivity contribution in [2.45, 2.75) is 53.5 Å². The molecule has 1 aliphatic rings. The van der Waals surface area contributed by atoms with Gasteiger partial charge in [-0.1, -0.05) is 11.6 Å². The molecule has 1 aliphatic heterocycles. The lowest BCUT2D eigenvalue weighted by atomic mass is 9.77. The molecule has 1 unspecified atom stereocenters. The average Bonchev–Trinajstić information content (AvgIpc) is 2.96. The second-order valence-electron chi connectivity index (χ2n) is 7.90. The number of rotatable bonds is 5. The molecule has 5 heteroatoms. The zero-order valence-corrected chi connectivity index (χ0v) is 15.9. The first kappa shape index (κ1) is 18.1. The van der Waals surface area contributed by atoms with E-state index in [4.69, 9.17) is 4.98 Å². The molecule has 0 aromatic carbocycles. The van der Waals surface area contributed by atoms with Crippen LogP contribution in [0.25, 0.3) is 5.65 Å². The summed E-state index contributed by atoms with van der Waals surface area (Å²) >= 11 is 0. The highest BCUT2D eigenvalue weighted by Gasteiger charge is 2.34. The minimum absolute atomic E-state index is 0.0161. The molecular weight excluding hydrogens is 312 g/mol. The largest absolute Gasteiger partial charge is 0.396 e. The molecule has 2 aromatic heterocycles. The van der Waals surface area contributed by atoms with E-state index in [1.54, 1.807) is 0 Å². The SMILES string of the molecule is CC(C)=CCC1(CO)CCCN(Cc2cnn3c(C)cc(C)nc23)C1. The van der Waals surface area contributed by atoms with Crippen molar-refractivity contribution < 1.29 is 5.11 Å². The first-order chi connectivity index (χ1) is 11.9. The number of allylic oxidation sites excluding steroid dienone is 2. The molecule has 0 bridgehead atoms. The number of aliphatic hydroxyl groups is 1. The molecule has 0 aliphatic carbocycles. The van der Waals surface area contributed by atoms with Gasteiger partial charge in [-0.3, -0.25) is 4.90 Å². The Kier molecular flexibility index (Phi) is 5.25. The van der Waals surface area contributed by atoms with Gasteiger partial charge in [0.25, 0.3) is 0 Å². The molecule has 2 aromatic rings. The summed E-state index contributed by atoms with van der Waals surface area (Å²) in [5, 5.41) is 14.6. The maximum Gasteiger partial charge on any atom is 0.159 e. The summed E-state index contributed by atoms with van der Waals surface area (Å²) in [6.07, 6.45) is 7.38. The smallest absolute Gasteiger partial charge is 0.159 e. The summed E-state index contributed by atoms with van der Waals surface area (Å²) in [4.78, 5) is 7.15. The van der Waals surface area contributed by atoms with Gasteiger partial charge in [-0.25, -0.2) is 9.50 Å². The number of likely N-dealkylation sites (tertiary alicyclic amines) is 1. The standard InChI is InChI=1S/C20H30N4O/c1-15(2)6-8-20(14-25)7-5-9-23(13-20)12-18-11-21-24-17(4)10-16(3)22-19(18)24/h6,10-11,25H,5,7-9,12-14H2,1-4H3. The fraction of sp³-hybridized carbons (Fsp3) is 0.600. The lowest BCUT2D eigenvalue weighted by Crippen LogP contribution is -2.44. The summed E-state index contributed by atoms with van der Waals surface area (Å²) in [7, 11) is 0. The normalized spacial score (nSPS) is 21.6. The number of fused-ring (bicyclic) bond motifs is 1. The predicted octanol–water partition coefficient (Wildman–Crippen LogP) is 3.28. The minimum Gasteiger partial charge on any atom is -0.396 e. The van der Waals surface area contributed by atoms with Crippen LogP contribution in [0.1, 0.15) is 50.1 Å². The molecule has 136 valence electrons. The molecule has 3 heterocycles. The Bertz CT molecular complexity index is 775. The zero-order valence-electron chi connectivity index (χ0n) is 15.9. The van der Waals surface area contributed by atoms with Gasteiger partial charge in [-0.2, -0.15) is 5.10 Å². The van der Waals surface area contributed by atoms with Gasteiger partial charge >= 0.3 is 0 Å². The highest BCUT2D eigenvalue weighted by atomic mass is 16.3. The Balaban J connectivity index is 1.80. The van der Waals surface area contributed by atoms with Gasteiger partial charge in [0.05, 0.1) is 12.8 Å². The minimum atomic E-state index is -0.0161. The molecule has 3 rings (SSSR count). The fourth-order valence-electron chi connectivity index (χ4n) is 3.89. The summed E-state index contributed by atoms with van der Waals surface area (Å²) in [5.74, 6) is 0. The summed E-state index contributed by atoms with van der Waals surface area (Å²) in [5.41, 5.74) is 5.57. The van der Waals surface area contributed by atoms with E-state index in [0.717, 1.165) is 55.9 Å². The third kappa shape index (κ3) is 3.93. The molecule has 25 heavy (non-hydrogen) atoms. The number of aliphatic hydroxyl groups excluding tert-OH is 1. The molecule has 1 saturated heterocycles. The second kappa shape index (κ2) is 7.26. The van der Waals surface area contributed by atoms with Gasteiger partial charge in [0.1, 0.15) is 0 Å². The maximum atomic E-state index is 10.1. The molecule has 1 N–H and O–H groups in total. The summed E-state index contributed by atoms with van der Waals surface area (Å²) < 4.78 is 1.93. The first-order valence-corrected chi connectivity index (χ1v) is 9.20. The fourth-order valence-corrected chi connectivity index (χ4v) is 3.89. The van der Waals surface area contributed by atoms with Crippen LogP contribution in [0.4, 0.5) is 0 Å². The maximum absolute atomic E-state index is 10.1. The molecular formula is C20H30N4O. The number of hydrogen-bond acceptors (Lipinski definition) is 4. The molecule has 1 fully saturated rings. The number of piperidine rings is 1. The third-order valence-electron chi connectivity index (χ3n) is 5.26. The summed E-state index contributed by atoms with van der Waals surface area (Å²) in [6.45, 7) is 11.4. The van der Waals surface area contributed by atoms with Crippen LogP contribution >= 0.6 is 0 Å². The van der Waals surface area contributed by atoms with Crippen LogP contribution in [0.5, 0.6) is 0 Å². The topological polar surface area (TPSA) is 53.7 Å². The van der Waals surface area contributed by atoms with Crippen LogP contribution < -0.4 is 0 Å². The summed E-state index contributed by atoms with van der Waals surface area (Å²) in [6, 6.07) is 2.06. The highest BCUT2D eigenvalue weighted by Crippen LogP contribution is 2.34. The van der Waals surface area contributed by atoms with E-state index < -0.39 is 0 Å². The van der Waals surface area contributed by atoms with Crippen LogP contribution in [0, 0.1) is 19.3 Å². The third-order valence-corrected chi connectivity index (χ3v) is 5.26.